The molecule has 8 heteroatoms. The van der Waals surface area contributed by atoms with Gasteiger partial charge in [-0.1, -0.05) is 18.2 Å². The van der Waals surface area contributed by atoms with Crippen molar-refractivity contribution in [1.82, 2.24) is 4.90 Å². The van der Waals surface area contributed by atoms with Crippen LogP contribution in [0, 0.1) is 5.82 Å². The number of ketones is 1. The Kier molecular flexibility index (Phi) is 6.80. The number of carbonyl (C=O) groups excluding carboxylic acids is 1. The second kappa shape index (κ2) is 7.98. The average molecular weight is 367 g/mol. The first-order valence-corrected chi connectivity index (χ1v) is 7.30. The van der Waals surface area contributed by atoms with Crippen molar-refractivity contribution in [2.75, 3.05) is 33.2 Å². The molecule has 1 fully saturated rings. The highest BCUT2D eigenvalue weighted by atomic mass is 35.5. The van der Waals surface area contributed by atoms with Crippen molar-refractivity contribution in [3.63, 3.8) is 0 Å². The minimum absolute atomic E-state index is 0. The quantitative estimate of drug-likeness (QED) is 0.416. The van der Waals surface area contributed by atoms with E-state index in [2.05, 4.69) is 0 Å². The molecular formula is C16H19ClF4N2O. The summed E-state index contributed by atoms with van der Waals surface area (Å²) in [5.41, 5.74) is 0.631. The van der Waals surface area contributed by atoms with Crippen molar-refractivity contribution in [1.29, 1.82) is 0 Å². The molecule has 0 spiro atoms. The zero-order valence-electron chi connectivity index (χ0n) is 13.2. The monoisotopic (exact) mass is 366 g/mol. The van der Waals surface area contributed by atoms with Crippen molar-refractivity contribution in [2.45, 2.75) is 12.7 Å². The number of likely N-dealkylation sites (N-methyl/N-ethyl adjacent to an activating group) is 1. The Labute approximate surface area is 144 Å². The molecule has 1 aromatic carbocycles. The van der Waals surface area contributed by atoms with Gasteiger partial charge in [0.2, 0.25) is 0 Å². The fourth-order valence-corrected chi connectivity index (χ4v) is 2.58. The fourth-order valence-electron chi connectivity index (χ4n) is 2.58. The van der Waals surface area contributed by atoms with Crippen molar-refractivity contribution < 1.29 is 39.2 Å². The van der Waals surface area contributed by atoms with Crippen LogP contribution in [0.15, 0.2) is 36.5 Å². The molecule has 2 rings (SSSR count). The number of allylic oxidation sites excluding steroid dienone is 1. The zero-order valence-corrected chi connectivity index (χ0v) is 13.9. The minimum Gasteiger partial charge on any atom is -1.00 e. The first kappa shape index (κ1) is 20.4. The van der Waals surface area contributed by atoms with Crippen LogP contribution < -0.4 is 12.4 Å². The second-order valence-corrected chi connectivity index (χ2v) is 6.03. The van der Waals surface area contributed by atoms with Crippen LogP contribution in [0.5, 0.6) is 0 Å². The number of nitrogens with zero attached hydrogens (tertiary/aromatic N) is 2. The molecule has 0 unspecified atom stereocenters. The summed E-state index contributed by atoms with van der Waals surface area (Å²) in [5.74, 6) is -2.10. The molecule has 0 saturated carbocycles. The molecule has 24 heavy (non-hydrogen) atoms. The third-order valence-corrected chi connectivity index (χ3v) is 4.08. The van der Waals surface area contributed by atoms with Crippen molar-refractivity contribution in [2.24, 2.45) is 0 Å². The maximum atomic E-state index is 13.7. The topological polar surface area (TPSA) is 20.3 Å². The number of benzene rings is 1. The predicted molar refractivity (Wildman–Crippen MR) is 77.8 cm³/mol. The van der Waals surface area contributed by atoms with Gasteiger partial charge >= 0.3 is 6.18 Å². The van der Waals surface area contributed by atoms with Crippen LogP contribution in [0.2, 0.25) is 0 Å². The summed E-state index contributed by atoms with van der Waals surface area (Å²) >= 11 is 0. The van der Waals surface area contributed by atoms with Crippen LogP contribution in [-0.2, 0) is 11.3 Å². The molecule has 0 amide bonds. The molecule has 0 radical (unpaired) electrons. The lowest BCUT2D eigenvalue weighted by Crippen LogP contribution is -3.00. The van der Waals surface area contributed by atoms with E-state index in [-0.39, 0.29) is 18.2 Å². The molecule has 0 bridgehead atoms. The van der Waals surface area contributed by atoms with Gasteiger partial charge < -0.3 is 21.8 Å². The van der Waals surface area contributed by atoms with Gasteiger partial charge in [0.1, 0.15) is 12.4 Å². The molecule has 1 saturated heterocycles. The van der Waals surface area contributed by atoms with Crippen LogP contribution in [0.25, 0.3) is 0 Å². The summed E-state index contributed by atoms with van der Waals surface area (Å²) in [6.45, 7) is 2.91. The Balaban J connectivity index is 0.00000288. The maximum absolute atomic E-state index is 13.7. The summed E-state index contributed by atoms with van der Waals surface area (Å²) < 4.78 is 50.8. The molecule has 1 aliphatic rings. The fraction of sp³-hybridized carbons (Fsp3) is 0.438. The van der Waals surface area contributed by atoms with Gasteiger partial charge in [0.25, 0.3) is 5.78 Å². The summed E-state index contributed by atoms with van der Waals surface area (Å²) in [6.07, 6.45) is -3.07. The highest BCUT2D eigenvalue weighted by Crippen LogP contribution is 2.19. The van der Waals surface area contributed by atoms with Crippen LogP contribution in [0.1, 0.15) is 5.56 Å². The van der Waals surface area contributed by atoms with E-state index in [1.165, 1.54) is 12.3 Å². The van der Waals surface area contributed by atoms with E-state index in [0.717, 1.165) is 0 Å². The molecule has 0 atom stereocenters. The second-order valence-electron chi connectivity index (χ2n) is 6.03. The Morgan fingerprint density at radius 3 is 2.38 bits per heavy atom. The third kappa shape index (κ3) is 5.49. The van der Waals surface area contributed by atoms with E-state index in [9.17, 15) is 22.4 Å². The van der Waals surface area contributed by atoms with E-state index in [1.54, 1.807) is 23.1 Å². The highest BCUT2D eigenvalue weighted by molar-refractivity contribution is 5.94. The molecular weight excluding hydrogens is 348 g/mol. The molecule has 1 heterocycles. The summed E-state index contributed by atoms with van der Waals surface area (Å²) in [6, 6.07) is 6.59. The highest BCUT2D eigenvalue weighted by Gasteiger charge is 2.36. The van der Waals surface area contributed by atoms with Gasteiger partial charge in [-0.15, -0.1) is 0 Å². The number of rotatable bonds is 4. The Hall–Kier alpha value is -1.60. The summed E-state index contributed by atoms with van der Waals surface area (Å²) in [7, 11) is 1.99. The third-order valence-electron chi connectivity index (χ3n) is 4.08. The van der Waals surface area contributed by atoms with E-state index >= 15 is 0 Å². The normalized spacial score (nSPS) is 17.6. The van der Waals surface area contributed by atoms with Gasteiger partial charge in [-0.2, -0.15) is 13.2 Å². The molecule has 1 aromatic rings. The van der Waals surface area contributed by atoms with Crippen LogP contribution >= 0.6 is 0 Å². The van der Waals surface area contributed by atoms with Crippen molar-refractivity contribution in [3.05, 3.63) is 47.9 Å². The number of quaternary nitrogens is 1. The summed E-state index contributed by atoms with van der Waals surface area (Å²) in [4.78, 5) is 12.5. The Morgan fingerprint density at radius 2 is 1.83 bits per heavy atom. The van der Waals surface area contributed by atoms with E-state index in [1.807, 2.05) is 7.05 Å². The van der Waals surface area contributed by atoms with Gasteiger partial charge in [-0.25, -0.2) is 4.39 Å². The average Bonchev–Trinajstić information content (AvgIpc) is 2.48. The smallest absolute Gasteiger partial charge is 0.454 e. The first-order chi connectivity index (χ1) is 10.7. The molecule has 0 N–H and O–H groups in total. The van der Waals surface area contributed by atoms with Gasteiger partial charge in [-0.05, 0) is 6.07 Å². The number of piperazine rings is 1. The van der Waals surface area contributed by atoms with Gasteiger partial charge in [-0.3, -0.25) is 4.79 Å². The van der Waals surface area contributed by atoms with Crippen LogP contribution in [0.3, 0.4) is 0 Å². The van der Waals surface area contributed by atoms with Crippen molar-refractivity contribution in [3.8, 4) is 0 Å². The van der Waals surface area contributed by atoms with Crippen LogP contribution in [0.4, 0.5) is 17.6 Å². The largest absolute Gasteiger partial charge is 1.00 e. The van der Waals surface area contributed by atoms with Crippen molar-refractivity contribution >= 4 is 5.78 Å². The number of hydrogen-bond acceptors (Lipinski definition) is 2. The zero-order chi connectivity index (χ0) is 17.1. The van der Waals surface area contributed by atoms with Crippen LogP contribution in [-0.4, -0.2) is 54.6 Å². The molecule has 0 aromatic heterocycles. The first-order valence-electron chi connectivity index (χ1n) is 7.30. The standard InChI is InChI=1S/C16H19F4N2O.ClH/c1-22(12-13-4-2-3-5-14(13)17)10-8-21(9-11-22)7-6-15(23)16(18,19)20;/h2-7H,8-12H2,1H3;1H/q+1;/p-1/b7-6+;. The lowest BCUT2D eigenvalue weighted by Gasteiger charge is -2.41. The Bertz CT molecular complexity index is 596. The number of alkyl halides is 3. The summed E-state index contributed by atoms with van der Waals surface area (Å²) in [5, 5.41) is 0. The number of hydrogen-bond donors (Lipinski definition) is 0. The van der Waals surface area contributed by atoms with E-state index in [0.29, 0.717) is 48.8 Å². The predicted octanol–water partition coefficient (Wildman–Crippen LogP) is -0.263. The number of halogens is 5. The van der Waals surface area contributed by atoms with E-state index in [4.69, 9.17) is 0 Å². The molecule has 0 aliphatic carbocycles. The lowest BCUT2D eigenvalue weighted by molar-refractivity contribution is -0.926. The Morgan fingerprint density at radius 1 is 1.25 bits per heavy atom. The molecule has 134 valence electrons. The minimum atomic E-state index is -4.83. The molecule has 1 aliphatic heterocycles. The van der Waals surface area contributed by atoms with E-state index < -0.39 is 12.0 Å². The van der Waals surface area contributed by atoms with Gasteiger partial charge in [0, 0.05) is 17.8 Å². The maximum Gasteiger partial charge on any atom is 0.454 e. The van der Waals surface area contributed by atoms with Gasteiger partial charge in [0.15, 0.2) is 0 Å². The molecule has 3 nitrogen and oxygen atoms in total. The number of carbonyl (C=O) groups is 1. The van der Waals surface area contributed by atoms with Gasteiger partial charge in [0.05, 0.1) is 33.2 Å². The lowest BCUT2D eigenvalue weighted by atomic mass is 10.1. The SMILES string of the molecule is C[N+]1(Cc2ccccc2F)CCN(/C=C/C(=O)C(F)(F)F)CC1.[Cl-].